The fourth-order valence-electron chi connectivity index (χ4n) is 2.00. The third-order valence-corrected chi connectivity index (χ3v) is 2.95. The van der Waals surface area contributed by atoms with Crippen LogP contribution in [-0.2, 0) is 4.74 Å². The van der Waals surface area contributed by atoms with E-state index in [1.165, 1.54) is 16.8 Å². The van der Waals surface area contributed by atoms with E-state index < -0.39 is 22.9 Å². The van der Waals surface area contributed by atoms with E-state index in [1.807, 2.05) is 0 Å². The molecular formula is C9H14B2N2O4. The van der Waals surface area contributed by atoms with E-state index in [1.54, 1.807) is 15.7 Å². The minimum atomic E-state index is -0.930. The maximum Gasteiger partial charge on any atom is 0.330 e. The molecule has 0 radical (unpaired) electrons. The zero-order valence-corrected chi connectivity index (χ0v) is 9.84. The summed E-state index contributed by atoms with van der Waals surface area (Å²) in [6, 6.07) is 1.28. The molecule has 1 aliphatic heterocycles. The Labute approximate surface area is 99.4 Å². The van der Waals surface area contributed by atoms with Gasteiger partial charge in [-0.25, -0.2) is 4.79 Å². The summed E-state index contributed by atoms with van der Waals surface area (Å²) in [4.78, 5) is 24.7. The van der Waals surface area contributed by atoms with Gasteiger partial charge in [0.15, 0.2) is 0 Å². The van der Waals surface area contributed by atoms with E-state index in [0.717, 1.165) is 0 Å². The molecule has 1 fully saturated rings. The van der Waals surface area contributed by atoms with Crippen LogP contribution >= 0.6 is 0 Å². The average Bonchev–Trinajstić information content (AvgIpc) is 2.65. The van der Waals surface area contributed by atoms with Gasteiger partial charge < -0.3 is 9.84 Å². The maximum absolute atomic E-state index is 11.5. The molecule has 0 amide bonds. The number of aliphatic hydroxyl groups is 1. The number of nitrogens with zero attached hydrogens (tertiary/aromatic N) is 1. The SMILES string of the molecule is BC(B)(O)C1CCC(n2ccc(=O)[nH]c2=O)O1. The summed E-state index contributed by atoms with van der Waals surface area (Å²) in [5, 5.41) is 8.90. The van der Waals surface area contributed by atoms with Crippen LogP contribution in [0.3, 0.4) is 0 Å². The van der Waals surface area contributed by atoms with E-state index in [4.69, 9.17) is 4.74 Å². The zero-order chi connectivity index (χ0) is 12.6. The molecule has 1 aromatic heterocycles. The predicted molar refractivity (Wildman–Crippen MR) is 66.5 cm³/mol. The molecule has 90 valence electrons. The molecule has 17 heavy (non-hydrogen) atoms. The van der Waals surface area contributed by atoms with E-state index in [-0.39, 0.29) is 6.10 Å². The predicted octanol–water partition coefficient (Wildman–Crippen LogP) is -2.87. The lowest BCUT2D eigenvalue weighted by Crippen LogP contribution is -2.43. The highest BCUT2D eigenvalue weighted by atomic mass is 16.5. The second-order valence-corrected chi connectivity index (χ2v) is 4.83. The molecule has 6 nitrogen and oxygen atoms in total. The van der Waals surface area contributed by atoms with Crippen LogP contribution in [0.4, 0.5) is 0 Å². The Hall–Kier alpha value is -1.27. The summed E-state index contributed by atoms with van der Waals surface area (Å²) in [5.74, 6) is 0. The molecule has 0 spiro atoms. The number of nitrogens with one attached hydrogen (secondary N) is 1. The van der Waals surface area contributed by atoms with E-state index >= 15 is 0 Å². The van der Waals surface area contributed by atoms with Crippen molar-refractivity contribution in [2.24, 2.45) is 0 Å². The normalized spacial score (nSPS) is 25.0. The maximum atomic E-state index is 11.5. The van der Waals surface area contributed by atoms with Crippen LogP contribution in [0.25, 0.3) is 0 Å². The van der Waals surface area contributed by atoms with Gasteiger partial charge in [0.05, 0.1) is 6.10 Å². The molecule has 0 aromatic carbocycles. The van der Waals surface area contributed by atoms with E-state index in [0.29, 0.717) is 12.8 Å². The van der Waals surface area contributed by atoms with Crippen molar-refractivity contribution in [3.63, 3.8) is 0 Å². The number of rotatable bonds is 2. The van der Waals surface area contributed by atoms with Crippen molar-refractivity contribution in [2.75, 3.05) is 0 Å². The van der Waals surface area contributed by atoms with Gasteiger partial charge in [-0.1, -0.05) is 0 Å². The second kappa shape index (κ2) is 4.19. The Kier molecular flexibility index (Phi) is 3.01. The standard InChI is InChI=1S/C9H14B2N2O4/c10-9(11,16)5-1-2-7(17-5)13-4-3-6(14)12-8(13)15/h3-5,7,16H,1-2,10-11H2,(H,12,14,15). The third-order valence-electron chi connectivity index (χ3n) is 2.95. The second-order valence-electron chi connectivity index (χ2n) is 4.83. The van der Waals surface area contributed by atoms with Gasteiger partial charge in [0.1, 0.15) is 21.9 Å². The highest BCUT2D eigenvalue weighted by Crippen LogP contribution is 2.30. The first-order valence-corrected chi connectivity index (χ1v) is 5.57. The van der Waals surface area contributed by atoms with Crippen molar-refractivity contribution < 1.29 is 9.84 Å². The summed E-state index contributed by atoms with van der Waals surface area (Å²) in [6.07, 6.45) is 2.01. The summed E-state index contributed by atoms with van der Waals surface area (Å²) < 4.78 is 6.96. The first kappa shape index (κ1) is 12.2. The van der Waals surface area contributed by atoms with Gasteiger partial charge in [0.2, 0.25) is 0 Å². The first-order chi connectivity index (χ1) is 7.88. The van der Waals surface area contributed by atoms with Crippen molar-refractivity contribution in [2.45, 2.75) is 30.6 Å². The number of aromatic amines is 1. The first-order valence-electron chi connectivity index (χ1n) is 5.57. The lowest BCUT2D eigenvalue weighted by atomic mass is 9.61. The van der Waals surface area contributed by atoms with Gasteiger partial charge in [-0.15, -0.1) is 0 Å². The molecule has 0 bridgehead atoms. The third kappa shape index (κ3) is 2.53. The molecule has 0 saturated carbocycles. The van der Waals surface area contributed by atoms with E-state index in [2.05, 4.69) is 4.98 Å². The minimum Gasteiger partial charge on any atom is -0.405 e. The topological polar surface area (TPSA) is 84.3 Å². The lowest BCUT2D eigenvalue weighted by molar-refractivity contribution is -0.0502. The molecule has 2 rings (SSSR count). The van der Waals surface area contributed by atoms with E-state index in [9.17, 15) is 14.7 Å². The Morgan fingerprint density at radius 3 is 2.71 bits per heavy atom. The van der Waals surface area contributed by atoms with Crippen molar-refractivity contribution in [3.8, 4) is 0 Å². The quantitative estimate of drug-likeness (QED) is 0.540. The van der Waals surface area contributed by atoms with Crippen LogP contribution in [0.15, 0.2) is 21.9 Å². The van der Waals surface area contributed by atoms with Crippen LogP contribution in [0, 0.1) is 0 Å². The number of hydrogen-bond donors (Lipinski definition) is 2. The Morgan fingerprint density at radius 2 is 2.18 bits per heavy atom. The molecule has 2 heterocycles. The molecule has 8 heteroatoms. The molecule has 2 atom stereocenters. The van der Waals surface area contributed by atoms with Gasteiger partial charge in [-0.05, 0) is 12.8 Å². The van der Waals surface area contributed by atoms with Crippen molar-refractivity contribution >= 4 is 15.7 Å². The fourth-order valence-corrected chi connectivity index (χ4v) is 2.00. The number of hydrogen-bond acceptors (Lipinski definition) is 4. The smallest absolute Gasteiger partial charge is 0.330 e. The van der Waals surface area contributed by atoms with Crippen molar-refractivity contribution in [1.82, 2.24) is 9.55 Å². The molecule has 2 unspecified atom stereocenters. The molecular weight excluding hydrogens is 222 g/mol. The van der Waals surface area contributed by atoms with Crippen LogP contribution in [0.5, 0.6) is 0 Å². The van der Waals surface area contributed by atoms with Crippen molar-refractivity contribution in [3.05, 3.63) is 33.1 Å². The summed E-state index contributed by atoms with van der Waals surface area (Å²) in [6.45, 7) is 0. The van der Waals surface area contributed by atoms with Gasteiger partial charge in [0, 0.05) is 17.7 Å². The number of H-pyrrole nitrogens is 1. The Balaban J connectivity index is 2.21. The van der Waals surface area contributed by atoms with Crippen LogP contribution in [-0.4, -0.2) is 41.9 Å². The molecule has 1 aromatic rings. The molecule has 1 aliphatic rings. The van der Waals surface area contributed by atoms with Crippen LogP contribution in [0.1, 0.15) is 19.1 Å². The molecule has 0 aliphatic carbocycles. The highest BCUT2D eigenvalue weighted by molar-refractivity contribution is 6.39. The fraction of sp³-hybridized carbons (Fsp3) is 0.556. The monoisotopic (exact) mass is 236 g/mol. The van der Waals surface area contributed by atoms with Gasteiger partial charge in [-0.2, -0.15) is 0 Å². The summed E-state index contributed by atoms with van der Waals surface area (Å²) in [7, 11) is 3.35. The Morgan fingerprint density at radius 1 is 1.47 bits per heavy atom. The summed E-state index contributed by atoms with van der Waals surface area (Å²) in [5.41, 5.74) is -0.915. The highest BCUT2D eigenvalue weighted by Gasteiger charge is 2.36. The minimum absolute atomic E-state index is 0.300. The van der Waals surface area contributed by atoms with Crippen molar-refractivity contribution in [1.29, 1.82) is 0 Å². The molecule has 1 saturated heterocycles. The van der Waals surface area contributed by atoms with Gasteiger partial charge >= 0.3 is 5.69 Å². The van der Waals surface area contributed by atoms with Crippen LogP contribution in [0.2, 0.25) is 0 Å². The summed E-state index contributed by atoms with van der Waals surface area (Å²) >= 11 is 0. The van der Waals surface area contributed by atoms with Crippen LogP contribution < -0.4 is 11.2 Å². The Bertz CT molecular complexity index is 519. The van der Waals surface area contributed by atoms with Gasteiger partial charge in [-0.3, -0.25) is 14.3 Å². The lowest BCUT2D eigenvalue weighted by Gasteiger charge is -2.26. The zero-order valence-electron chi connectivity index (χ0n) is 9.84. The average molecular weight is 236 g/mol. The molecule has 2 N–H and O–H groups in total. The number of ether oxygens (including phenoxy) is 1. The largest absolute Gasteiger partial charge is 0.405 e. The van der Waals surface area contributed by atoms with Gasteiger partial charge in [0.25, 0.3) is 5.56 Å². The number of aromatic nitrogens is 2.